The van der Waals surface area contributed by atoms with Crippen molar-refractivity contribution in [1.82, 2.24) is 10.3 Å². The number of amides is 1. The van der Waals surface area contributed by atoms with E-state index in [1.165, 1.54) is 0 Å². The van der Waals surface area contributed by atoms with E-state index in [4.69, 9.17) is 9.47 Å². The molecule has 1 aromatic heterocycles. The zero-order valence-corrected chi connectivity index (χ0v) is 10.7. The van der Waals surface area contributed by atoms with Crippen LogP contribution in [-0.2, 0) is 9.53 Å². The minimum Gasteiger partial charge on any atom is -0.475 e. The highest BCUT2D eigenvalue weighted by Crippen LogP contribution is 2.11. The van der Waals surface area contributed by atoms with Gasteiger partial charge in [-0.1, -0.05) is 0 Å². The average molecular weight is 253 g/mol. The first-order valence-electron chi connectivity index (χ1n) is 5.78. The Hall–Kier alpha value is -1.66. The van der Waals surface area contributed by atoms with Crippen LogP contribution in [0.2, 0.25) is 0 Å². The third-order valence-corrected chi connectivity index (χ3v) is 2.16. The van der Waals surface area contributed by atoms with Gasteiger partial charge < -0.3 is 20.1 Å². The van der Waals surface area contributed by atoms with Crippen LogP contribution in [0.4, 0.5) is 5.69 Å². The quantitative estimate of drug-likeness (QED) is 0.666. The van der Waals surface area contributed by atoms with Gasteiger partial charge >= 0.3 is 0 Å². The summed E-state index contributed by atoms with van der Waals surface area (Å²) in [6.45, 7) is 1.62. The van der Waals surface area contributed by atoms with Crippen LogP contribution in [0.25, 0.3) is 0 Å². The second kappa shape index (κ2) is 8.43. The molecule has 18 heavy (non-hydrogen) atoms. The van der Waals surface area contributed by atoms with E-state index < -0.39 is 0 Å². The van der Waals surface area contributed by atoms with Crippen LogP contribution < -0.4 is 15.4 Å². The highest BCUT2D eigenvalue weighted by molar-refractivity contribution is 5.90. The Bertz CT molecular complexity index is 354. The number of hydrogen-bond donors (Lipinski definition) is 2. The average Bonchev–Trinajstić information content (AvgIpc) is 2.39. The molecule has 0 spiro atoms. The lowest BCUT2D eigenvalue weighted by Gasteiger charge is -2.07. The largest absolute Gasteiger partial charge is 0.475 e. The number of carbonyl (C=O) groups excluding carboxylic acids is 1. The number of nitrogens with one attached hydrogen (secondary N) is 2. The predicted molar refractivity (Wildman–Crippen MR) is 68.8 cm³/mol. The van der Waals surface area contributed by atoms with Gasteiger partial charge in [0.25, 0.3) is 0 Å². The number of carbonyl (C=O) groups is 1. The molecule has 0 aliphatic rings. The number of pyridine rings is 1. The first-order chi connectivity index (χ1) is 8.76. The van der Waals surface area contributed by atoms with Crippen LogP contribution in [0.3, 0.4) is 0 Å². The van der Waals surface area contributed by atoms with Gasteiger partial charge in [-0.3, -0.25) is 4.79 Å². The highest BCUT2D eigenvalue weighted by atomic mass is 16.5. The molecule has 1 rings (SSSR count). The topological polar surface area (TPSA) is 72.5 Å². The minimum absolute atomic E-state index is 0.0424. The SMILES string of the molecule is CNCCC(=O)Nc1ccc(OCCOC)nc1. The lowest BCUT2D eigenvalue weighted by Crippen LogP contribution is -2.18. The van der Waals surface area contributed by atoms with Gasteiger partial charge in [-0.15, -0.1) is 0 Å². The summed E-state index contributed by atoms with van der Waals surface area (Å²) in [4.78, 5) is 15.5. The fourth-order valence-corrected chi connectivity index (χ4v) is 1.23. The van der Waals surface area contributed by atoms with E-state index >= 15 is 0 Å². The second-order valence-electron chi connectivity index (χ2n) is 3.63. The predicted octanol–water partition coefficient (Wildman–Crippen LogP) is 0.655. The van der Waals surface area contributed by atoms with Gasteiger partial charge in [-0.2, -0.15) is 0 Å². The molecule has 1 heterocycles. The molecule has 0 saturated heterocycles. The van der Waals surface area contributed by atoms with Crippen molar-refractivity contribution in [2.24, 2.45) is 0 Å². The number of anilines is 1. The van der Waals surface area contributed by atoms with E-state index in [1.807, 2.05) is 0 Å². The summed E-state index contributed by atoms with van der Waals surface area (Å²) in [7, 11) is 3.42. The molecule has 0 radical (unpaired) electrons. The number of aromatic nitrogens is 1. The molecule has 0 bridgehead atoms. The Morgan fingerprint density at radius 1 is 1.39 bits per heavy atom. The van der Waals surface area contributed by atoms with Crippen LogP contribution in [0.5, 0.6) is 5.88 Å². The molecule has 0 aromatic carbocycles. The first kappa shape index (κ1) is 14.4. The normalized spacial score (nSPS) is 10.1. The monoisotopic (exact) mass is 253 g/mol. The van der Waals surface area contributed by atoms with Gasteiger partial charge in [0.1, 0.15) is 6.61 Å². The lowest BCUT2D eigenvalue weighted by atomic mass is 10.3. The van der Waals surface area contributed by atoms with Gasteiger partial charge in [-0.25, -0.2) is 4.98 Å². The Kier molecular flexibility index (Phi) is 6.75. The van der Waals surface area contributed by atoms with E-state index in [2.05, 4.69) is 15.6 Å². The Balaban J connectivity index is 2.37. The van der Waals surface area contributed by atoms with Crippen molar-refractivity contribution >= 4 is 11.6 Å². The van der Waals surface area contributed by atoms with Crippen LogP contribution in [-0.4, -0.2) is 44.8 Å². The molecule has 0 aliphatic carbocycles. The molecule has 0 atom stereocenters. The number of methoxy groups -OCH3 is 1. The minimum atomic E-state index is -0.0424. The Labute approximate surface area is 107 Å². The summed E-state index contributed by atoms with van der Waals surface area (Å²) in [5, 5.41) is 5.66. The summed E-state index contributed by atoms with van der Waals surface area (Å²) in [6, 6.07) is 3.47. The van der Waals surface area contributed by atoms with E-state index in [-0.39, 0.29) is 5.91 Å². The van der Waals surface area contributed by atoms with Crippen molar-refractivity contribution in [3.05, 3.63) is 18.3 Å². The molecule has 0 aliphatic heterocycles. The van der Waals surface area contributed by atoms with E-state index in [0.29, 0.717) is 37.7 Å². The molecule has 0 fully saturated rings. The molecule has 2 N–H and O–H groups in total. The van der Waals surface area contributed by atoms with Crippen molar-refractivity contribution in [3.63, 3.8) is 0 Å². The standard InChI is InChI=1S/C12H19N3O3/c1-13-6-5-11(16)15-10-3-4-12(14-9-10)18-8-7-17-2/h3-4,9,13H,5-8H2,1-2H3,(H,15,16). The maximum Gasteiger partial charge on any atom is 0.225 e. The molecule has 6 nitrogen and oxygen atoms in total. The molecular weight excluding hydrogens is 234 g/mol. The number of rotatable bonds is 8. The fraction of sp³-hybridized carbons (Fsp3) is 0.500. The van der Waals surface area contributed by atoms with Gasteiger partial charge in [-0.05, 0) is 13.1 Å². The lowest BCUT2D eigenvalue weighted by molar-refractivity contribution is -0.116. The molecule has 1 amide bonds. The fourth-order valence-electron chi connectivity index (χ4n) is 1.23. The Morgan fingerprint density at radius 3 is 2.83 bits per heavy atom. The van der Waals surface area contributed by atoms with Gasteiger partial charge in [0.15, 0.2) is 0 Å². The van der Waals surface area contributed by atoms with E-state index in [9.17, 15) is 4.79 Å². The molecular formula is C12H19N3O3. The van der Waals surface area contributed by atoms with Crippen LogP contribution in [0.1, 0.15) is 6.42 Å². The van der Waals surface area contributed by atoms with Crippen molar-refractivity contribution in [1.29, 1.82) is 0 Å². The van der Waals surface area contributed by atoms with Gasteiger partial charge in [0, 0.05) is 26.1 Å². The van der Waals surface area contributed by atoms with Gasteiger partial charge in [0.05, 0.1) is 18.5 Å². The van der Waals surface area contributed by atoms with Crippen molar-refractivity contribution < 1.29 is 14.3 Å². The molecule has 1 aromatic rings. The maximum absolute atomic E-state index is 11.4. The molecule has 0 unspecified atom stereocenters. The van der Waals surface area contributed by atoms with Crippen molar-refractivity contribution in [2.75, 3.05) is 39.2 Å². The highest BCUT2D eigenvalue weighted by Gasteiger charge is 2.02. The van der Waals surface area contributed by atoms with E-state index in [1.54, 1.807) is 32.5 Å². The van der Waals surface area contributed by atoms with Crippen LogP contribution in [0, 0.1) is 0 Å². The van der Waals surface area contributed by atoms with Crippen molar-refractivity contribution in [3.8, 4) is 5.88 Å². The summed E-state index contributed by atoms with van der Waals surface area (Å²) in [5.41, 5.74) is 0.662. The summed E-state index contributed by atoms with van der Waals surface area (Å²) in [5.74, 6) is 0.472. The third kappa shape index (κ3) is 5.60. The van der Waals surface area contributed by atoms with Crippen LogP contribution in [0.15, 0.2) is 18.3 Å². The second-order valence-corrected chi connectivity index (χ2v) is 3.63. The molecule has 100 valence electrons. The zero-order valence-electron chi connectivity index (χ0n) is 10.7. The van der Waals surface area contributed by atoms with Gasteiger partial charge in [0.2, 0.25) is 11.8 Å². The molecule has 6 heteroatoms. The first-order valence-corrected chi connectivity index (χ1v) is 5.78. The Morgan fingerprint density at radius 2 is 2.22 bits per heavy atom. The summed E-state index contributed by atoms with van der Waals surface area (Å²) in [6.07, 6.45) is 2.00. The summed E-state index contributed by atoms with van der Waals surface area (Å²) >= 11 is 0. The van der Waals surface area contributed by atoms with Crippen LogP contribution >= 0.6 is 0 Å². The summed E-state index contributed by atoms with van der Waals surface area (Å²) < 4.78 is 10.2. The zero-order chi connectivity index (χ0) is 13.2. The number of nitrogens with zero attached hydrogens (tertiary/aromatic N) is 1. The van der Waals surface area contributed by atoms with E-state index in [0.717, 1.165) is 0 Å². The number of ether oxygens (including phenoxy) is 2. The smallest absolute Gasteiger partial charge is 0.225 e. The third-order valence-electron chi connectivity index (χ3n) is 2.16. The number of hydrogen-bond acceptors (Lipinski definition) is 5. The maximum atomic E-state index is 11.4. The molecule has 0 saturated carbocycles. The van der Waals surface area contributed by atoms with Crippen molar-refractivity contribution in [2.45, 2.75) is 6.42 Å².